The number of rotatable bonds is 7. The van der Waals surface area contributed by atoms with Gasteiger partial charge in [0.2, 0.25) is 0 Å². The van der Waals surface area contributed by atoms with E-state index in [4.69, 9.17) is 0 Å². The maximum atomic E-state index is 12.3. The average molecular weight is 353 g/mol. The summed E-state index contributed by atoms with van der Waals surface area (Å²) in [4.78, 5) is 0. The highest BCUT2D eigenvalue weighted by Crippen LogP contribution is 2.68. The van der Waals surface area contributed by atoms with E-state index >= 15 is 0 Å². The summed E-state index contributed by atoms with van der Waals surface area (Å²) in [6, 6.07) is 6.77. The molecule has 8 heteroatoms. The summed E-state index contributed by atoms with van der Waals surface area (Å²) < 4.78 is 53.6. The summed E-state index contributed by atoms with van der Waals surface area (Å²) in [6.45, 7) is 4.32. The molecule has 3 atom stereocenters. The van der Waals surface area contributed by atoms with Gasteiger partial charge in [0, 0.05) is 36.8 Å². The number of unbranched alkanes of at least 4 members (excludes halogenated alkanes) is 1. The van der Waals surface area contributed by atoms with Crippen molar-refractivity contribution in [3.8, 4) is 0 Å². The van der Waals surface area contributed by atoms with Crippen molar-refractivity contribution in [1.29, 1.82) is 0 Å². The third-order valence-corrected chi connectivity index (χ3v) is 7.57. The third-order valence-electron chi connectivity index (χ3n) is 4.18. The SMILES string of the molecule is CCCCC(CC1CP1(=O)CC)[n+]1ccccc1.F[B-](F)(F)F. The van der Waals surface area contributed by atoms with Crippen LogP contribution < -0.4 is 4.57 Å². The lowest BCUT2D eigenvalue weighted by Crippen LogP contribution is -2.39. The number of hydrogen-bond acceptors (Lipinski definition) is 1. The second kappa shape index (κ2) is 8.86. The van der Waals surface area contributed by atoms with Crippen molar-refractivity contribution >= 4 is 14.4 Å². The predicted octanol–water partition coefficient (Wildman–Crippen LogP) is 5.16. The first-order valence-electron chi connectivity index (χ1n) is 8.10. The summed E-state index contributed by atoms with van der Waals surface area (Å²) in [5.41, 5.74) is 0.511. The van der Waals surface area contributed by atoms with Gasteiger partial charge in [0.05, 0.1) is 7.14 Å². The summed E-state index contributed by atoms with van der Waals surface area (Å²) in [5.74, 6) is 0. The van der Waals surface area contributed by atoms with Crippen molar-refractivity contribution in [2.75, 3.05) is 12.3 Å². The van der Waals surface area contributed by atoms with Crippen LogP contribution in [0.25, 0.3) is 0 Å². The molecule has 132 valence electrons. The van der Waals surface area contributed by atoms with E-state index in [1.807, 2.05) is 0 Å². The second-order valence-electron chi connectivity index (χ2n) is 5.95. The number of hydrogen-bond donors (Lipinski definition) is 0. The van der Waals surface area contributed by atoms with Crippen LogP contribution in [0.2, 0.25) is 0 Å². The maximum Gasteiger partial charge on any atom is 0.673 e. The fourth-order valence-electron chi connectivity index (χ4n) is 2.76. The Morgan fingerprint density at radius 2 is 1.74 bits per heavy atom. The number of halogens is 4. The Balaban J connectivity index is 0.000000463. The Morgan fingerprint density at radius 3 is 2.17 bits per heavy atom. The molecule has 1 aromatic rings. The molecule has 23 heavy (non-hydrogen) atoms. The molecule has 0 aliphatic carbocycles. The van der Waals surface area contributed by atoms with E-state index in [0.717, 1.165) is 18.7 Å². The van der Waals surface area contributed by atoms with Crippen molar-refractivity contribution in [2.24, 2.45) is 0 Å². The highest BCUT2D eigenvalue weighted by atomic mass is 31.2. The Morgan fingerprint density at radius 1 is 1.17 bits per heavy atom. The molecule has 2 rings (SSSR count). The van der Waals surface area contributed by atoms with Crippen LogP contribution in [-0.2, 0) is 4.57 Å². The van der Waals surface area contributed by atoms with Gasteiger partial charge in [-0.15, -0.1) is 0 Å². The standard InChI is InChI=1S/C15H25NOP.BF4/c1-3-5-9-14(16-10-7-6-8-11-16)12-15-13-18(15,17)4-2;2-1(3,4)5/h6-8,10-11,14-15H,3-5,9,12-13H2,1-2H3;/q+1;-1. The Bertz CT molecular complexity index is 506. The zero-order chi connectivity index (χ0) is 17.5. The zero-order valence-electron chi connectivity index (χ0n) is 13.7. The first-order chi connectivity index (χ1) is 10.7. The highest BCUT2D eigenvalue weighted by molar-refractivity contribution is 7.72. The van der Waals surface area contributed by atoms with Crippen LogP contribution in [0.1, 0.15) is 45.6 Å². The first-order valence-corrected chi connectivity index (χ1v) is 10.2. The van der Waals surface area contributed by atoms with Crippen LogP contribution in [0, 0.1) is 0 Å². The molecule has 1 fully saturated rings. The van der Waals surface area contributed by atoms with E-state index in [-0.39, 0.29) is 0 Å². The number of pyridine rings is 1. The second-order valence-corrected chi connectivity index (χ2v) is 9.59. The molecule has 2 heterocycles. The van der Waals surface area contributed by atoms with Gasteiger partial charge in [-0.3, -0.25) is 0 Å². The number of nitrogens with zero attached hydrogens (tertiary/aromatic N) is 1. The fourth-order valence-corrected chi connectivity index (χ4v) is 5.48. The summed E-state index contributed by atoms with van der Waals surface area (Å²) >= 11 is 0. The van der Waals surface area contributed by atoms with E-state index < -0.39 is 14.4 Å². The van der Waals surface area contributed by atoms with Crippen LogP contribution in [-0.4, -0.2) is 25.2 Å². The molecule has 1 aliphatic heterocycles. The predicted molar refractivity (Wildman–Crippen MR) is 86.8 cm³/mol. The molecule has 1 aromatic heterocycles. The van der Waals surface area contributed by atoms with E-state index in [9.17, 15) is 21.8 Å². The van der Waals surface area contributed by atoms with Crippen molar-refractivity contribution < 1.29 is 26.4 Å². The molecule has 0 aromatic carbocycles. The quantitative estimate of drug-likeness (QED) is 0.287. The zero-order valence-corrected chi connectivity index (χ0v) is 14.6. The molecule has 1 aliphatic rings. The normalized spacial score (nSPS) is 24.5. The Kier molecular flexibility index (Phi) is 7.79. The monoisotopic (exact) mass is 353 g/mol. The lowest BCUT2D eigenvalue weighted by atomic mass is 10.0. The number of aromatic nitrogens is 1. The van der Waals surface area contributed by atoms with Gasteiger partial charge in [-0.2, -0.15) is 0 Å². The van der Waals surface area contributed by atoms with E-state index in [1.165, 1.54) is 19.3 Å². The minimum Gasteiger partial charge on any atom is -0.418 e. The van der Waals surface area contributed by atoms with Crippen LogP contribution >= 0.6 is 7.14 Å². The minimum atomic E-state index is -6.00. The van der Waals surface area contributed by atoms with E-state index in [1.54, 1.807) is 0 Å². The van der Waals surface area contributed by atoms with Crippen LogP contribution in [0.5, 0.6) is 0 Å². The molecular weight excluding hydrogens is 328 g/mol. The van der Waals surface area contributed by atoms with Crippen LogP contribution in [0.15, 0.2) is 30.6 Å². The Hall–Kier alpha value is -0.835. The maximum absolute atomic E-state index is 12.3. The van der Waals surface area contributed by atoms with Gasteiger partial charge >= 0.3 is 7.25 Å². The molecule has 0 radical (unpaired) electrons. The summed E-state index contributed by atoms with van der Waals surface area (Å²) in [5, 5.41) is 0. The third kappa shape index (κ3) is 8.00. The van der Waals surface area contributed by atoms with E-state index in [0.29, 0.717) is 11.7 Å². The highest BCUT2D eigenvalue weighted by Gasteiger charge is 2.49. The van der Waals surface area contributed by atoms with Gasteiger partial charge in [-0.1, -0.05) is 26.3 Å². The molecule has 2 nitrogen and oxygen atoms in total. The lowest BCUT2D eigenvalue weighted by Gasteiger charge is -2.11. The van der Waals surface area contributed by atoms with Crippen molar-refractivity contribution in [3.63, 3.8) is 0 Å². The van der Waals surface area contributed by atoms with Crippen molar-refractivity contribution in [2.45, 2.75) is 51.2 Å². The molecule has 0 spiro atoms. The summed E-state index contributed by atoms with van der Waals surface area (Å²) in [6.07, 6.45) is 11.0. The average Bonchev–Trinajstić information content (AvgIpc) is 3.13. The van der Waals surface area contributed by atoms with Gasteiger partial charge in [0.1, 0.15) is 0 Å². The minimum absolute atomic E-state index is 0.511. The molecule has 0 bridgehead atoms. The molecular formula is C15H25BF4NOP. The van der Waals surface area contributed by atoms with Gasteiger partial charge in [-0.25, -0.2) is 4.57 Å². The van der Waals surface area contributed by atoms with Gasteiger partial charge in [0.25, 0.3) is 0 Å². The molecule has 0 N–H and O–H groups in total. The molecule has 1 saturated heterocycles. The van der Waals surface area contributed by atoms with E-state index in [2.05, 4.69) is 49.0 Å². The largest absolute Gasteiger partial charge is 0.673 e. The van der Waals surface area contributed by atoms with Crippen molar-refractivity contribution in [3.05, 3.63) is 30.6 Å². The summed E-state index contributed by atoms with van der Waals surface area (Å²) in [7, 11) is -7.73. The fraction of sp³-hybridized carbons (Fsp3) is 0.667. The Labute approximate surface area is 135 Å². The first kappa shape index (κ1) is 20.2. The van der Waals surface area contributed by atoms with Gasteiger partial charge < -0.3 is 21.8 Å². The van der Waals surface area contributed by atoms with Crippen LogP contribution in [0.4, 0.5) is 17.3 Å². The van der Waals surface area contributed by atoms with Crippen molar-refractivity contribution in [1.82, 2.24) is 0 Å². The van der Waals surface area contributed by atoms with Gasteiger partial charge in [0.15, 0.2) is 18.4 Å². The lowest BCUT2D eigenvalue weighted by molar-refractivity contribution is -0.724. The molecule has 0 saturated carbocycles. The smallest absolute Gasteiger partial charge is 0.418 e. The molecule has 0 amide bonds. The van der Waals surface area contributed by atoms with Crippen LogP contribution in [0.3, 0.4) is 0 Å². The van der Waals surface area contributed by atoms with Gasteiger partial charge in [-0.05, 0) is 12.6 Å². The topological polar surface area (TPSA) is 20.9 Å². The molecule has 3 unspecified atom stereocenters.